The van der Waals surface area contributed by atoms with Crippen molar-refractivity contribution < 1.29 is 13.2 Å². The fourth-order valence-electron chi connectivity index (χ4n) is 1.96. The molecule has 0 aliphatic carbocycles. The first-order valence-electron chi connectivity index (χ1n) is 6.98. The second-order valence-corrected chi connectivity index (χ2v) is 7.23. The summed E-state index contributed by atoms with van der Waals surface area (Å²) in [6.07, 6.45) is 0.0355. The van der Waals surface area contributed by atoms with Gasteiger partial charge in [0, 0.05) is 23.7 Å². The van der Waals surface area contributed by atoms with Gasteiger partial charge in [-0.15, -0.1) is 0 Å². The van der Waals surface area contributed by atoms with Gasteiger partial charge in [-0.1, -0.05) is 29.8 Å². The maximum Gasteiger partial charge on any atom is 0.240 e. The first kappa shape index (κ1) is 17.5. The normalized spacial score (nSPS) is 11.2. The van der Waals surface area contributed by atoms with Crippen molar-refractivity contribution in [2.75, 3.05) is 11.9 Å². The second kappa shape index (κ2) is 7.59. The number of benzene rings is 2. The predicted octanol–water partition coefficient (Wildman–Crippen LogP) is 2.96. The number of halogens is 1. The maximum absolute atomic E-state index is 12.1. The molecule has 2 aromatic carbocycles. The number of carbonyl (C=O) groups is 1. The van der Waals surface area contributed by atoms with Gasteiger partial charge in [-0.25, -0.2) is 13.1 Å². The second-order valence-electron chi connectivity index (χ2n) is 5.02. The van der Waals surface area contributed by atoms with Gasteiger partial charge < -0.3 is 5.32 Å². The van der Waals surface area contributed by atoms with Gasteiger partial charge in [-0.05, 0) is 42.8 Å². The van der Waals surface area contributed by atoms with Gasteiger partial charge in [-0.2, -0.15) is 0 Å². The minimum Gasteiger partial charge on any atom is -0.326 e. The Bertz CT molecular complexity index is 806. The smallest absolute Gasteiger partial charge is 0.240 e. The highest BCUT2D eigenvalue weighted by atomic mass is 35.5. The molecule has 0 aliphatic rings. The summed E-state index contributed by atoms with van der Waals surface area (Å²) in [7, 11) is -3.67. The Balaban J connectivity index is 1.88. The summed E-state index contributed by atoms with van der Waals surface area (Å²) in [6, 6.07) is 13.3. The quantitative estimate of drug-likeness (QED) is 0.839. The van der Waals surface area contributed by atoms with Crippen LogP contribution in [0.2, 0.25) is 5.02 Å². The molecule has 0 atom stereocenters. The van der Waals surface area contributed by atoms with Crippen molar-refractivity contribution >= 4 is 33.2 Å². The number of hydrogen-bond acceptors (Lipinski definition) is 3. The summed E-state index contributed by atoms with van der Waals surface area (Å²) < 4.78 is 26.5. The molecule has 23 heavy (non-hydrogen) atoms. The van der Waals surface area contributed by atoms with Crippen LogP contribution in [0.4, 0.5) is 5.69 Å². The van der Waals surface area contributed by atoms with Crippen LogP contribution in [0.25, 0.3) is 0 Å². The van der Waals surface area contributed by atoms with Crippen LogP contribution in [-0.4, -0.2) is 20.9 Å². The van der Waals surface area contributed by atoms with Gasteiger partial charge >= 0.3 is 0 Å². The average Bonchev–Trinajstić information content (AvgIpc) is 2.47. The fraction of sp³-hybridized carbons (Fsp3) is 0.188. The summed E-state index contributed by atoms with van der Waals surface area (Å²) in [5.41, 5.74) is 1.72. The number of nitrogens with one attached hydrogen (secondary N) is 2. The van der Waals surface area contributed by atoms with Gasteiger partial charge in [0.15, 0.2) is 0 Å². The van der Waals surface area contributed by atoms with Crippen molar-refractivity contribution in [1.29, 1.82) is 0 Å². The van der Waals surface area contributed by atoms with Crippen molar-refractivity contribution in [3.8, 4) is 0 Å². The monoisotopic (exact) mass is 352 g/mol. The van der Waals surface area contributed by atoms with E-state index in [1.54, 1.807) is 18.2 Å². The van der Waals surface area contributed by atoms with Crippen LogP contribution < -0.4 is 10.0 Å². The number of aryl methyl sites for hydroxylation is 1. The number of amides is 1. The highest BCUT2D eigenvalue weighted by Crippen LogP contribution is 2.15. The molecule has 0 saturated heterocycles. The lowest BCUT2D eigenvalue weighted by Gasteiger charge is -2.08. The van der Waals surface area contributed by atoms with Crippen molar-refractivity contribution in [1.82, 2.24) is 4.72 Å². The molecule has 0 spiro atoms. The summed E-state index contributed by atoms with van der Waals surface area (Å²) >= 11 is 5.78. The third-order valence-electron chi connectivity index (χ3n) is 3.05. The molecule has 2 aromatic rings. The predicted molar refractivity (Wildman–Crippen MR) is 91.1 cm³/mol. The Morgan fingerprint density at radius 2 is 1.87 bits per heavy atom. The Morgan fingerprint density at radius 3 is 2.57 bits per heavy atom. The van der Waals surface area contributed by atoms with E-state index in [0.29, 0.717) is 10.7 Å². The van der Waals surface area contributed by atoms with Crippen molar-refractivity contribution in [3.63, 3.8) is 0 Å². The van der Waals surface area contributed by atoms with Gasteiger partial charge in [0.25, 0.3) is 0 Å². The van der Waals surface area contributed by atoms with Crippen LogP contribution in [0, 0.1) is 6.92 Å². The van der Waals surface area contributed by atoms with Gasteiger partial charge in [0.2, 0.25) is 15.9 Å². The summed E-state index contributed by atoms with van der Waals surface area (Å²) in [5.74, 6) is -0.260. The highest BCUT2D eigenvalue weighted by molar-refractivity contribution is 7.89. The minimum absolute atomic E-state index is 0.00644. The first-order valence-corrected chi connectivity index (χ1v) is 8.85. The lowest BCUT2D eigenvalue weighted by Crippen LogP contribution is -2.27. The summed E-state index contributed by atoms with van der Waals surface area (Å²) in [6.45, 7) is 1.93. The van der Waals surface area contributed by atoms with Gasteiger partial charge in [-0.3, -0.25) is 4.79 Å². The molecule has 0 heterocycles. The van der Waals surface area contributed by atoms with E-state index in [1.165, 1.54) is 12.1 Å². The SMILES string of the molecule is Cc1cccc(NC(=O)CCNS(=O)(=O)c2cccc(Cl)c2)c1. The first-order chi connectivity index (χ1) is 10.9. The van der Waals surface area contributed by atoms with E-state index in [-0.39, 0.29) is 23.8 Å². The number of anilines is 1. The molecule has 1 amide bonds. The standard InChI is InChI=1S/C16H17ClN2O3S/c1-12-4-2-6-14(10-12)19-16(20)8-9-18-23(21,22)15-7-3-5-13(17)11-15/h2-7,10-11,18H,8-9H2,1H3,(H,19,20). The zero-order chi connectivity index (χ0) is 16.9. The largest absolute Gasteiger partial charge is 0.326 e. The molecule has 5 nitrogen and oxygen atoms in total. The zero-order valence-corrected chi connectivity index (χ0v) is 14.1. The molecule has 0 unspecified atom stereocenters. The third kappa shape index (κ3) is 5.35. The highest BCUT2D eigenvalue weighted by Gasteiger charge is 2.14. The van der Waals surface area contributed by atoms with E-state index >= 15 is 0 Å². The Kier molecular flexibility index (Phi) is 5.76. The van der Waals surface area contributed by atoms with Crippen LogP contribution in [0.5, 0.6) is 0 Å². The molecular weight excluding hydrogens is 336 g/mol. The average molecular weight is 353 g/mol. The number of hydrogen-bond donors (Lipinski definition) is 2. The van der Waals surface area contributed by atoms with Crippen LogP contribution >= 0.6 is 11.6 Å². The van der Waals surface area contributed by atoms with Crippen LogP contribution in [0.15, 0.2) is 53.4 Å². The molecular formula is C16H17ClN2O3S. The van der Waals surface area contributed by atoms with E-state index < -0.39 is 10.0 Å². The van der Waals surface area contributed by atoms with Crippen LogP contribution in [0.3, 0.4) is 0 Å². The lowest BCUT2D eigenvalue weighted by molar-refractivity contribution is -0.116. The summed E-state index contributed by atoms with van der Waals surface area (Å²) in [5, 5.41) is 3.06. The lowest BCUT2D eigenvalue weighted by atomic mass is 10.2. The van der Waals surface area contributed by atoms with E-state index in [1.807, 2.05) is 25.1 Å². The van der Waals surface area contributed by atoms with Crippen molar-refractivity contribution in [2.45, 2.75) is 18.2 Å². The van der Waals surface area contributed by atoms with Crippen LogP contribution in [-0.2, 0) is 14.8 Å². The Morgan fingerprint density at radius 1 is 1.13 bits per heavy atom. The summed E-state index contributed by atoms with van der Waals surface area (Å²) in [4.78, 5) is 11.9. The molecule has 0 saturated carbocycles. The molecule has 2 rings (SSSR count). The molecule has 0 bridgehead atoms. The van der Waals surface area contributed by atoms with E-state index in [4.69, 9.17) is 11.6 Å². The number of carbonyl (C=O) groups excluding carboxylic acids is 1. The topological polar surface area (TPSA) is 75.3 Å². The zero-order valence-electron chi connectivity index (χ0n) is 12.5. The molecule has 2 N–H and O–H groups in total. The number of rotatable bonds is 6. The van der Waals surface area contributed by atoms with E-state index in [0.717, 1.165) is 5.56 Å². The molecule has 0 radical (unpaired) electrons. The Hall–Kier alpha value is -1.89. The molecule has 7 heteroatoms. The van der Waals surface area contributed by atoms with E-state index in [2.05, 4.69) is 10.0 Å². The minimum atomic E-state index is -3.67. The van der Waals surface area contributed by atoms with Gasteiger partial charge in [0.05, 0.1) is 4.90 Å². The van der Waals surface area contributed by atoms with E-state index in [9.17, 15) is 13.2 Å². The van der Waals surface area contributed by atoms with Crippen molar-refractivity contribution in [2.24, 2.45) is 0 Å². The maximum atomic E-state index is 12.1. The van der Waals surface area contributed by atoms with Gasteiger partial charge in [0.1, 0.15) is 0 Å². The molecule has 122 valence electrons. The molecule has 0 aliphatic heterocycles. The molecule has 0 aromatic heterocycles. The van der Waals surface area contributed by atoms with Crippen LogP contribution in [0.1, 0.15) is 12.0 Å². The Labute approximate surface area is 140 Å². The third-order valence-corrected chi connectivity index (χ3v) is 4.75. The molecule has 0 fully saturated rings. The number of sulfonamides is 1. The fourth-order valence-corrected chi connectivity index (χ4v) is 3.29. The van der Waals surface area contributed by atoms with Crippen molar-refractivity contribution in [3.05, 3.63) is 59.1 Å².